The third kappa shape index (κ3) is 5.15. The van der Waals surface area contributed by atoms with Crippen molar-refractivity contribution in [2.75, 3.05) is 6.54 Å². The Hall–Kier alpha value is -3.93. The minimum Gasteiger partial charge on any atom is -0.480 e. The molecule has 0 unspecified atom stereocenters. The number of carbonyl (C=O) groups is 3. The van der Waals surface area contributed by atoms with E-state index >= 15 is 0 Å². The molecule has 2 aliphatic rings. The number of fused-ring (bicyclic) bond motifs is 2. The van der Waals surface area contributed by atoms with Gasteiger partial charge >= 0.3 is 5.97 Å². The Bertz CT molecular complexity index is 1190. The molecule has 1 N–H and O–H groups in total. The van der Waals surface area contributed by atoms with Crippen LogP contribution in [-0.2, 0) is 20.8 Å². The normalized spacial score (nSPS) is 21.1. The fourth-order valence-electron chi connectivity index (χ4n) is 6.00. The van der Waals surface area contributed by atoms with Crippen LogP contribution < -0.4 is 0 Å². The van der Waals surface area contributed by atoms with E-state index in [0.717, 1.165) is 29.5 Å². The first kappa shape index (κ1) is 24.8. The number of nitrogens with zero attached hydrogens (tertiary/aromatic N) is 2. The van der Waals surface area contributed by atoms with Gasteiger partial charge in [0.05, 0.1) is 12.0 Å². The van der Waals surface area contributed by atoms with Gasteiger partial charge in [0.15, 0.2) is 0 Å². The van der Waals surface area contributed by atoms with Crippen molar-refractivity contribution in [2.45, 2.75) is 56.1 Å². The Morgan fingerprint density at radius 2 is 1.38 bits per heavy atom. The van der Waals surface area contributed by atoms with Crippen molar-refractivity contribution in [2.24, 2.45) is 0 Å². The molecule has 0 spiro atoms. The summed E-state index contributed by atoms with van der Waals surface area (Å²) in [5, 5.41) is 10.3. The molecule has 2 aliphatic heterocycles. The maximum absolute atomic E-state index is 14.3. The third-order valence-corrected chi connectivity index (χ3v) is 7.71. The maximum atomic E-state index is 14.3. The van der Waals surface area contributed by atoms with Gasteiger partial charge in [0.25, 0.3) is 0 Å². The van der Waals surface area contributed by atoms with Crippen LogP contribution >= 0.6 is 0 Å². The van der Waals surface area contributed by atoms with Crippen LogP contribution in [0.5, 0.6) is 0 Å². The van der Waals surface area contributed by atoms with E-state index in [9.17, 15) is 19.5 Å². The van der Waals surface area contributed by atoms with E-state index in [1.54, 1.807) is 0 Å². The van der Waals surface area contributed by atoms with Gasteiger partial charge in [-0.15, -0.1) is 0 Å². The molecule has 2 heterocycles. The zero-order chi connectivity index (χ0) is 25.8. The monoisotopic (exact) mass is 496 g/mol. The maximum Gasteiger partial charge on any atom is 0.328 e. The number of carboxylic acid groups (broad SMARTS) is 1. The van der Waals surface area contributed by atoms with Crippen molar-refractivity contribution in [1.82, 2.24) is 9.80 Å². The molecule has 5 rings (SSSR count). The molecule has 6 nitrogen and oxygen atoms in total. The number of piperidine rings is 1. The Morgan fingerprint density at radius 3 is 1.95 bits per heavy atom. The highest BCUT2D eigenvalue weighted by Gasteiger charge is 2.51. The number of piperazine rings is 1. The summed E-state index contributed by atoms with van der Waals surface area (Å²) in [5.74, 6) is -1.83. The second kappa shape index (κ2) is 11.0. The topological polar surface area (TPSA) is 77.9 Å². The Kier molecular flexibility index (Phi) is 7.35. The minimum absolute atomic E-state index is 0.0882. The first-order chi connectivity index (χ1) is 18.0. The number of carboxylic acids is 1. The molecule has 2 saturated heterocycles. The van der Waals surface area contributed by atoms with Crippen LogP contribution in [0.1, 0.15) is 48.3 Å². The zero-order valence-corrected chi connectivity index (χ0v) is 20.8. The van der Waals surface area contributed by atoms with Gasteiger partial charge in [-0.3, -0.25) is 9.59 Å². The Balaban J connectivity index is 1.44. The lowest BCUT2D eigenvalue weighted by Crippen LogP contribution is -2.70. The quantitative estimate of drug-likeness (QED) is 0.523. The zero-order valence-electron chi connectivity index (χ0n) is 20.8. The molecule has 3 aromatic carbocycles. The summed E-state index contributed by atoms with van der Waals surface area (Å²) in [6.07, 6.45) is 2.98. The highest BCUT2D eigenvalue weighted by molar-refractivity contribution is 5.90. The van der Waals surface area contributed by atoms with Crippen molar-refractivity contribution >= 4 is 17.8 Å². The summed E-state index contributed by atoms with van der Waals surface area (Å²) in [5.41, 5.74) is 2.81. The number of aryl methyl sites for hydroxylation is 1. The van der Waals surface area contributed by atoms with Gasteiger partial charge in [0.2, 0.25) is 11.8 Å². The van der Waals surface area contributed by atoms with E-state index in [0.29, 0.717) is 12.8 Å². The smallest absolute Gasteiger partial charge is 0.328 e. The fraction of sp³-hybridized carbons (Fsp3) is 0.323. The molecule has 6 heteroatoms. The number of benzene rings is 3. The van der Waals surface area contributed by atoms with Crippen LogP contribution in [0.2, 0.25) is 0 Å². The Labute approximate surface area is 217 Å². The number of aliphatic carboxylic acids is 1. The largest absolute Gasteiger partial charge is 0.480 e. The van der Waals surface area contributed by atoms with E-state index in [1.165, 1.54) is 4.90 Å². The van der Waals surface area contributed by atoms with Crippen LogP contribution in [-0.4, -0.2) is 57.4 Å². The summed E-state index contributed by atoms with van der Waals surface area (Å²) in [7, 11) is 0. The third-order valence-electron chi connectivity index (χ3n) is 7.71. The van der Waals surface area contributed by atoms with E-state index in [2.05, 4.69) is 0 Å². The molecule has 3 atom stereocenters. The van der Waals surface area contributed by atoms with Crippen LogP contribution in [0, 0.1) is 0 Å². The fourth-order valence-corrected chi connectivity index (χ4v) is 6.00. The lowest BCUT2D eigenvalue weighted by Gasteiger charge is -2.53. The van der Waals surface area contributed by atoms with Gasteiger partial charge in [-0.1, -0.05) is 91.0 Å². The number of carbonyl (C=O) groups excluding carboxylic acids is 2. The standard InChI is InChI=1S/C31H32N2O4/c34-27(20-19-22-11-4-1-5-12-22)32-21-25-17-10-18-26(29(32)31(36)37)33(25)30(35)28(23-13-6-2-7-14-23)24-15-8-3-9-16-24/h1-9,11-16,25-26,28-29H,10,17-21H2,(H,36,37)/t25-,26+,29-/m0/s1. The second-order valence-corrected chi connectivity index (χ2v) is 9.97. The van der Waals surface area contributed by atoms with E-state index < -0.39 is 24.0 Å². The first-order valence-corrected chi connectivity index (χ1v) is 13.0. The summed E-state index contributed by atoms with van der Waals surface area (Å²) >= 11 is 0. The predicted octanol–water partition coefficient (Wildman–Crippen LogP) is 4.50. The molecule has 0 aromatic heterocycles. The molecular formula is C31H32N2O4. The van der Waals surface area contributed by atoms with Gasteiger partial charge in [-0.25, -0.2) is 4.79 Å². The van der Waals surface area contributed by atoms with Gasteiger partial charge in [-0.2, -0.15) is 0 Å². The van der Waals surface area contributed by atoms with Crippen LogP contribution in [0.3, 0.4) is 0 Å². The molecule has 37 heavy (non-hydrogen) atoms. The first-order valence-electron chi connectivity index (χ1n) is 13.0. The van der Waals surface area contributed by atoms with Crippen molar-refractivity contribution in [3.8, 4) is 0 Å². The van der Waals surface area contributed by atoms with Gasteiger partial charge in [0, 0.05) is 19.0 Å². The molecular weight excluding hydrogens is 464 g/mol. The molecule has 2 fully saturated rings. The van der Waals surface area contributed by atoms with E-state index in [-0.39, 0.29) is 30.8 Å². The number of hydrogen-bond acceptors (Lipinski definition) is 3. The average Bonchev–Trinajstić information content (AvgIpc) is 2.92. The predicted molar refractivity (Wildman–Crippen MR) is 141 cm³/mol. The van der Waals surface area contributed by atoms with E-state index in [1.807, 2.05) is 95.9 Å². The van der Waals surface area contributed by atoms with Crippen molar-refractivity contribution < 1.29 is 19.5 Å². The van der Waals surface area contributed by atoms with Crippen molar-refractivity contribution in [1.29, 1.82) is 0 Å². The summed E-state index contributed by atoms with van der Waals surface area (Å²) in [6, 6.07) is 27.3. The summed E-state index contributed by atoms with van der Waals surface area (Å²) in [6.45, 7) is 0.253. The lowest BCUT2D eigenvalue weighted by molar-refractivity contribution is -0.168. The van der Waals surface area contributed by atoms with Crippen molar-refractivity contribution in [3.05, 3.63) is 108 Å². The molecule has 0 aliphatic carbocycles. The lowest BCUT2D eigenvalue weighted by atomic mass is 9.82. The number of likely N-dealkylation sites (tertiary alicyclic amines) is 1. The van der Waals surface area contributed by atoms with Gasteiger partial charge in [-0.05, 0) is 42.4 Å². The second-order valence-electron chi connectivity index (χ2n) is 9.97. The van der Waals surface area contributed by atoms with Gasteiger partial charge < -0.3 is 14.9 Å². The molecule has 3 aromatic rings. The number of rotatable bonds is 7. The molecule has 0 saturated carbocycles. The average molecular weight is 497 g/mol. The van der Waals surface area contributed by atoms with Crippen LogP contribution in [0.25, 0.3) is 0 Å². The number of amides is 2. The molecule has 2 amide bonds. The molecule has 2 bridgehead atoms. The highest BCUT2D eigenvalue weighted by atomic mass is 16.4. The summed E-state index contributed by atoms with van der Waals surface area (Å²) in [4.78, 5) is 43.6. The molecule has 190 valence electrons. The van der Waals surface area contributed by atoms with E-state index in [4.69, 9.17) is 0 Å². The van der Waals surface area contributed by atoms with Crippen molar-refractivity contribution in [3.63, 3.8) is 0 Å². The highest BCUT2D eigenvalue weighted by Crippen LogP contribution is 2.37. The van der Waals surface area contributed by atoms with Crippen LogP contribution in [0.4, 0.5) is 0 Å². The van der Waals surface area contributed by atoms with Gasteiger partial charge in [0.1, 0.15) is 6.04 Å². The Morgan fingerprint density at radius 1 is 0.811 bits per heavy atom. The SMILES string of the molecule is O=C(O)[C@@H]1[C@H]2CCC[C@@H](CN1C(=O)CCc1ccccc1)N2C(=O)C(c1ccccc1)c1ccccc1. The number of hydrogen-bond donors (Lipinski definition) is 1. The minimum atomic E-state index is -1.05. The molecule has 0 radical (unpaired) electrons. The summed E-state index contributed by atoms with van der Waals surface area (Å²) < 4.78 is 0. The van der Waals surface area contributed by atoms with Crippen LogP contribution in [0.15, 0.2) is 91.0 Å².